The Hall–Kier alpha value is -0.250. The average molecular weight is 304 g/mol. The zero-order valence-corrected chi connectivity index (χ0v) is 11.2. The molecule has 0 aliphatic rings. The van der Waals surface area contributed by atoms with Crippen LogP contribution in [0.3, 0.4) is 0 Å². The van der Waals surface area contributed by atoms with Crippen LogP contribution in [0, 0.1) is 10.5 Å². The molecule has 2 heteroatoms. The summed E-state index contributed by atoms with van der Waals surface area (Å²) >= 11 is 2.33. The maximum Gasteiger partial charge on any atom is 0.133 e. The van der Waals surface area contributed by atoms with Gasteiger partial charge in [-0.1, -0.05) is 19.9 Å². The number of halogens is 1. The van der Waals surface area contributed by atoms with Crippen molar-refractivity contribution in [2.45, 2.75) is 39.7 Å². The van der Waals surface area contributed by atoms with Crippen LogP contribution >= 0.6 is 22.6 Å². The molecule has 0 aliphatic carbocycles. The van der Waals surface area contributed by atoms with Crippen LogP contribution in [0.25, 0.3) is 0 Å². The molecule has 0 unspecified atom stereocenters. The number of aryl methyl sites for hydroxylation is 1. The molecule has 78 valence electrons. The Labute approximate surface area is 100.0 Å². The molecule has 0 aromatic heterocycles. The Kier molecular flexibility index (Phi) is 4.72. The fourth-order valence-corrected chi connectivity index (χ4v) is 2.13. The molecular weight excluding hydrogens is 287 g/mol. The highest BCUT2D eigenvalue weighted by Gasteiger charge is 2.07. The van der Waals surface area contributed by atoms with Gasteiger partial charge >= 0.3 is 0 Å². The van der Waals surface area contributed by atoms with E-state index in [9.17, 15) is 0 Å². The maximum absolute atomic E-state index is 5.89. The fraction of sp³-hybridized carbons (Fsp3) is 0.500. The summed E-state index contributed by atoms with van der Waals surface area (Å²) in [4.78, 5) is 0. The van der Waals surface area contributed by atoms with Crippen LogP contribution in [0.5, 0.6) is 5.75 Å². The summed E-state index contributed by atoms with van der Waals surface area (Å²) in [6.45, 7) is 6.42. The molecule has 0 N–H and O–H groups in total. The number of benzene rings is 1. The molecule has 1 aromatic rings. The first-order valence-corrected chi connectivity index (χ1v) is 6.18. The Morgan fingerprint density at radius 3 is 2.43 bits per heavy atom. The standard InChI is InChI=1S/C12H17IO/c1-4-10(5-2)14-12-7-6-9(3)8-11(12)13/h6-8,10H,4-5H2,1-3H3. The van der Waals surface area contributed by atoms with Gasteiger partial charge in [0.2, 0.25) is 0 Å². The summed E-state index contributed by atoms with van der Waals surface area (Å²) < 4.78 is 7.09. The van der Waals surface area contributed by atoms with E-state index in [2.05, 4.69) is 61.6 Å². The highest BCUT2D eigenvalue weighted by atomic mass is 127. The Balaban J connectivity index is 2.76. The van der Waals surface area contributed by atoms with Crippen molar-refractivity contribution in [3.8, 4) is 5.75 Å². The van der Waals surface area contributed by atoms with Crippen molar-refractivity contribution < 1.29 is 4.74 Å². The zero-order chi connectivity index (χ0) is 10.6. The Morgan fingerprint density at radius 1 is 1.29 bits per heavy atom. The monoisotopic (exact) mass is 304 g/mol. The van der Waals surface area contributed by atoms with Crippen LogP contribution in [0.2, 0.25) is 0 Å². The SMILES string of the molecule is CCC(CC)Oc1ccc(C)cc1I. The molecule has 0 fully saturated rings. The first-order valence-electron chi connectivity index (χ1n) is 5.10. The highest BCUT2D eigenvalue weighted by Crippen LogP contribution is 2.23. The first-order chi connectivity index (χ1) is 6.67. The minimum absolute atomic E-state index is 0.353. The van der Waals surface area contributed by atoms with Gasteiger partial charge in [-0.05, 0) is 60.1 Å². The Bertz CT molecular complexity index is 292. The molecule has 14 heavy (non-hydrogen) atoms. The predicted octanol–water partition coefficient (Wildman–Crippen LogP) is 4.17. The third kappa shape index (κ3) is 3.15. The van der Waals surface area contributed by atoms with E-state index < -0.39 is 0 Å². The van der Waals surface area contributed by atoms with E-state index in [0.717, 1.165) is 18.6 Å². The van der Waals surface area contributed by atoms with E-state index in [1.54, 1.807) is 0 Å². The van der Waals surface area contributed by atoms with Crippen molar-refractivity contribution in [3.05, 3.63) is 27.3 Å². The normalized spacial score (nSPS) is 10.6. The van der Waals surface area contributed by atoms with Gasteiger partial charge in [0.15, 0.2) is 0 Å². The van der Waals surface area contributed by atoms with Gasteiger partial charge in [0.25, 0.3) is 0 Å². The quantitative estimate of drug-likeness (QED) is 0.759. The second-order valence-corrected chi connectivity index (χ2v) is 4.65. The minimum atomic E-state index is 0.353. The molecular formula is C12H17IO. The molecule has 0 saturated heterocycles. The summed E-state index contributed by atoms with van der Waals surface area (Å²) in [6.07, 6.45) is 2.49. The van der Waals surface area contributed by atoms with Crippen LogP contribution in [-0.4, -0.2) is 6.10 Å². The largest absolute Gasteiger partial charge is 0.489 e. The first kappa shape index (κ1) is 11.8. The third-order valence-corrected chi connectivity index (χ3v) is 3.13. The fourth-order valence-electron chi connectivity index (χ4n) is 1.34. The van der Waals surface area contributed by atoms with Gasteiger partial charge in [-0.15, -0.1) is 0 Å². The molecule has 0 saturated carbocycles. The lowest BCUT2D eigenvalue weighted by molar-refractivity contribution is 0.191. The van der Waals surface area contributed by atoms with Crippen LogP contribution in [-0.2, 0) is 0 Å². The van der Waals surface area contributed by atoms with Crippen LogP contribution in [0.1, 0.15) is 32.3 Å². The van der Waals surface area contributed by atoms with Gasteiger partial charge in [0.1, 0.15) is 5.75 Å². The van der Waals surface area contributed by atoms with E-state index >= 15 is 0 Å². The van der Waals surface area contributed by atoms with Gasteiger partial charge in [-0.2, -0.15) is 0 Å². The lowest BCUT2D eigenvalue weighted by Crippen LogP contribution is -2.14. The van der Waals surface area contributed by atoms with Crippen LogP contribution < -0.4 is 4.74 Å². The van der Waals surface area contributed by atoms with Gasteiger partial charge in [0, 0.05) is 0 Å². The molecule has 0 spiro atoms. The third-order valence-electron chi connectivity index (χ3n) is 2.29. The van der Waals surface area contributed by atoms with Crippen molar-refractivity contribution in [1.29, 1.82) is 0 Å². The molecule has 1 nitrogen and oxygen atoms in total. The average Bonchev–Trinajstić information content (AvgIpc) is 2.17. The number of hydrogen-bond donors (Lipinski definition) is 0. The Morgan fingerprint density at radius 2 is 1.93 bits per heavy atom. The van der Waals surface area contributed by atoms with E-state index in [4.69, 9.17) is 4.74 Å². The van der Waals surface area contributed by atoms with E-state index in [1.807, 2.05) is 0 Å². The van der Waals surface area contributed by atoms with E-state index in [0.29, 0.717) is 6.10 Å². The smallest absolute Gasteiger partial charge is 0.133 e. The minimum Gasteiger partial charge on any atom is -0.489 e. The zero-order valence-electron chi connectivity index (χ0n) is 9.01. The number of rotatable bonds is 4. The van der Waals surface area contributed by atoms with Crippen molar-refractivity contribution >= 4 is 22.6 Å². The lowest BCUT2D eigenvalue weighted by Gasteiger charge is -2.16. The van der Waals surface area contributed by atoms with Gasteiger partial charge < -0.3 is 4.74 Å². The van der Waals surface area contributed by atoms with Crippen LogP contribution in [0.15, 0.2) is 18.2 Å². The van der Waals surface area contributed by atoms with Gasteiger partial charge in [-0.3, -0.25) is 0 Å². The second-order valence-electron chi connectivity index (χ2n) is 3.49. The van der Waals surface area contributed by atoms with Crippen molar-refractivity contribution in [2.24, 2.45) is 0 Å². The summed E-state index contributed by atoms with van der Waals surface area (Å²) in [5, 5.41) is 0. The highest BCUT2D eigenvalue weighted by molar-refractivity contribution is 14.1. The summed E-state index contributed by atoms with van der Waals surface area (Å²) in [5.41, 5.74) is 1.28. The lowest BCUT2D eigenvalue weighted by atomic mass is 10.2. The summed E-state index contributed by atoms with van der Waals surface area (Å²) in [6, 6.07) is 6.31. The number of hydrogen-bond acceptors (Lipinski definition) is 1. The maximum atomic E-state index is 5.89. The second kappa shape index (κ2) is 5.59. The molecule has 0 heterocycles. The summed E-state index contributed by atoms with van der Waals surface area (Å²) in [7, 11) is 0. The molecule has 1 aromatic carbocycles. The summed E-state index contributed by atoms with van der Waals surface area (Å²) in [5.74, 6) is 1.02. The molecule has 0 radical (unpaired) electrons. The van der Waals surface area contributed by atoms with Crippen molar-refractivity contribution in [3.63, 3.8) is 0 Å². The van der Waals surface area contributed by atoms with Gasteiger partial charge in [-0.25, -0.2) is 0 Å². The predicted molar refractivity (Wildman–Crippen MR) is 68.9 cm³/mol. The molecule has 0 atom stereocenters. The number of ether oxygens (including phenoxy) is 1. The van der Waals surface area contributed by atoms with E-state index in [1.165, 1.54) is 9.13 Å². The molecule has 0 bridgehead atoms. The van der Waals surface area contributed by atoms with Crippen molar-refractivity contribution in [1.82, 2.24) is 0 Å². The molecule has 0 amide bonds. The topological polar surface area (TPSA) is 9.23 Å². The van der Waals surface area contributed by atoms with Crippen molar-refractivity contribution in [2.75, 3.05) is 0 Å². The molecule has 0 aliphatic heterocycles. The van der Waals surface area contributed by atoms with Crippen LogP contribution in [0.4, 0.5) is 0 Å². The van der Waals surface area contributed by atoms with Gasteiger partial charge in [0.05, 0.1) is 9.67 Å². The van der Waals surface area contributed by atoms with E-state index in [-0.39, 0.29) is 0 Å². The molecule has 1 rings (SSSR count).